The first-order chi connectivity index (χ1) is 18.2. The van der Waals surface area contributed by atoms with Gasteiger partial charge in [0.05, 0.1) is 0 Å². The highest BCUT2D eigenvalue weighted by Gasteiger charge is 2.54. The van der Waals surface area contributed by atoms with Gasteiger partial charge in [-0.3, -0.25) is 19.3 Å². The molecule has 38 heavy (non-hydrogen) atoms. The van der Waals surface area contributed by atoms with Crippen molar-refractivity contribution < 1.29 is 29.5 Å². The first-order valence-electron chi connectivity index (χ1n) is 11.7. The van der Waals surface area contributed by atoms with Crippen molar-refractivity contribution in [2.24, 2.45) is 10.9 Å². The van der Waals surface area contributed by atoms with Gasteiger partial charge < -0.3 is 37.3 Å². The van der Waals surface area contributed by atoms with E-state index < -0.39 is 34.9 Å². The third-order valence-electron chi connectivity index (χ3n) is 6.89. The maximum Gasteiger partial charge on any atom is 0.352 e. The number of nitrogen functional groups attached to an aromatic ring is 1. The molecular formula is C21H25N9O6S2. The molecule has 2 unspecified atom stereocenters. The molecule has 1 aromatic heterocycles. The first kappa shape index (κ1) is 26.1. The number of carboxylic acids is 1. The number of hydrogen-bond donors (Lipinski definition) is 6. The van der Waals surface area contributed by atoms with E-state index in [4.69, 9.17) is 11.5 Å². The summed E-state index contributed by atoms with van der Waals surface area (Å²) in [6.07, 6.45) is 2.81. The number of rotatable bonds is 7. The molecule has 0 spiro atoms. The zero-order chi connectivity index (χ0) is 27.1. The molecule has 0 aromatic carbocycles. The van der Waals surface area contributed by atoms with Gasteiger partial charge in [0, 0.05) is 54.6 Å². The molecule has 0 bridgehead atoms. The lowest BCUT2D eigenvalue weighted by molar-refractivity contribution is -0.150. The summed E-state index contributed by atoms with van der Waals surface area (Å²) in [6.45, 7) is 1.68. The maximum atomic E-state index is 13.1. The van der Waals surface area contributed by atoms with Crippen LogP contribution in [-0.4, -0.2) is 108 Å². The van der Waals surface area contributed by atoms with Crippen molar-refractivity contribution in [2.75, 3.05) is 31.1 Å². The summed E-state index contributed by atoms with van der Waals surface area (Å²) in [5.74, 6) is -3.00. The van der Waals surface area contributed by atoms with Gasteiger partial charge in [-0.25, -0.2) is 4.79 Å². The molecule has 4 atom stereocenters. The van der Waals surface area contributed by atoms with Crippen molar-refractivity contribution in [1.29, 1.82) is 0 Å². The normalized spacial score (nSPS) is 28.7. The summed E-state index contributed by atoms with van der Waals surface area (Å²) < 4.78 is 3.82. The largest absolute Gasteiger partial charge is 0.477 e. The fraction of sp³-hybridized carbons (Fsp3) is 0.476. The van der Waals surface area contributed by atoms with E-state index in [1.54, 1.807) is 11.0 Å². The highest BCUT2D eigenvalue weighted by molar-refractivity contribution is 8.00. The van der Waals surface area contributed by atoms with E-state index in [2.05, 4.69) is 25.1 Å². The first-order valence-corrected chi connectivity index (χ1v) is 13.5. The summed E-state index contributed by atoms with van der Waals surface area (Å²) >= 11 is 2.05. The smallest absolute Gasteiger partial charge is 0.352 e. The van der Waals surface area contributed by atoms with Crippen LogP contribution in [-0.2, 0) is 19.2 Å². The van der Waals surface area contributed by atoms with E-state index in [1.165, 1.54) is 11.8 Å². The number of fused-ring (bicyclic) bond motifs is 1. The molecule has 5 heterocycles. The van der Waals surface area contributed by atoms with Crippen LogP contribution < -0.4 is 22.1 Å². The number of likely N-dealkylation sites (tertiary alicyclic amines) is 1. The van der Waals surface area contributed by atoms with Crippen molar-refractivity contribution >= 4 is 57.8 Å². The minimum atomic E-state index is -1.31. The lowest BCUT2D eigenvalue weighted by Crippen LogP contribution is -2.71. The van der Waals surface area contributed by atoms with Crippen LogP contribution in [0.25, 0.3) is 0 Å². The molecule has 1 aromatic rings. The predicted molar refractivity (Wildman–Crippen MR) is 136 cm³/mol. The predicted octanol–water partition coefficient (Wildman–Crippen LogP) is -2.11. The Morgan fingerprint density at radius 3 is 2.76 bits per heavy atom. The van der Waals surface area contributed by atoms with E-state index in [1.807, 2.05) is 0 Å². The number of hydrogen-bond acceptors (Lipinski definition) is 13. The number of carboxylic acid groups (broad SMARTS) is 1. The minimum absolute atomic E-state index is 0.0320. The van der Waals surface area contributed by atoms with Crippen LogP contribution in [0.5, 0.6) is 0 Å². The quantitative estimate of drug-likeness (QED) is 0.0688. The van der Waals surface area contributed by atoms with Crippen LogP contribution in [0, 0.1) is 0 Å². The van der Waals surface area contributed by atoms with Crippen molar-refractivity contribution in [3.8, 4) is 0 Å². The molecule has 17 heteroatoms. The average molecular weight is 564 g/mol. The van der Waals surface area contributed by atoms with Crippen LogP contribution >= 0.6 is 23.3 Å². The molecule has 3 amide bonds. The number of allylic oxidation sites excluding steroid dienone is 1. The van der Waals surface area contributed by atoms with Gasteiger partial charge in [-0.2, -0.15) is 9.36 Å². The zero-order valence-corrected chi connectivity index (χ0v) is 21.5. The molecule has 4 aliphatic rings. The Morgan fingerprint density at radius 2 is 2.13 bits per heavy atom. The lowest BCUT2D eigenvalue weighted by atomic mass is 10.0. The van der Waals surface area contributed by atoms with Gasteiger partial charge in [0.1, 0.15) is 17.1 Å². The monoisotopic (exact) mass is 563 g/mol. The van der Waals surface area contributed by atoms with Gasteiger partial charge in [-0.1, -0.05) is 5.16 Å². The van der Waals surface area contributed by atoms with Gasteiger partial charge in [-0.15, -0.1) is 11.8 Å². The summed E-state index contributed by atoms with van der Waals surface area (Å²) in [5.41, 5.74) is 11.3. The molecule has 202 valence electrons. The van der Waals surface area contributed by atoms with Crippen LogP contribution in [0.2, 0.25) is 0 Å². The number of carbonyl (C=O) groups excluding carboxylic acids is 3. The standard InChI is InChI=1S/C21H25N9O6S2/c22-5-10-4-11(6-24-10)29-2-1-8(17(29)32)3-9-7-37-19-13(18(33)30(19)14(9)20(34)35)25-16(31)12(27-36)15-26-21(23)38-28-15/h3,10-11,13,19,24,36H,1-2,4-7,22H2,(H,25,31)(H,34,35)(H2,23,26,28)/b8-3+,27-12-/t10?,11?,13-,19-/m1/s1. The summed E-state index contributed by atoms with van der Waals surface area (Å²) in [4.78, 5) is 57.6. The maximum absolute atomic E-state index is 13.1. The highest BCUT2D eigenvalue weighted by Crippen LogP contribution is 2.41. The molecule has 8 N–H and O–H groups in total. The number of nitrogens with zero attached hydrogens (tertiary/aromatic N) is 5. The third kappa shape index (κ3) is 4.50. The molecule has 4 aliphatic heterocycles. The topological polar surface area (TPSA) is 229 Å². The molecule has 0 radical (unpaired) electrons. The Hall–Kier alpha value is -3.54. The highest BCUT2D eigenvalue weighted by atomic mass is 32.2. The Labute approximate surface area is 224 Å². The number of β-lactam (4-membered cyclic amide) rings is 1. The van der Waals surface area contributed by atoms with E-state index in [9.17, 15) is 29.5 Å². The van der Waals surface area contributed by atoms with E-state index in [0.29, 0.717) is 37.2 Å². The Morgan fingerprint density at radius 1 is 1.34 bits per heavy atom. The van der Waals surface area contributed by atoms with E-state index in [-0.39, 0.29) is 40.4 Å². The fourth-order valence-electron chi connectivity index (χ4n) is 5.03. The van der Waals surface area contributed by atoms with Crippen molar-refractivity contribution in [2.45, 2.75) is 36.3 Å². The lowest BCUT2D eigenvalue weighted by Gasteiger charge is -2.49. The number of oxime groups is 1. The third-order valence-corrected chi connectivity index (χ3v) is 8.73. The van der Waals surface area contributed by atoms with Crippen molar-refractivity contribution in [3.63, 3.8) is 0 Å². The number of anilines is 1. The number of thioether (sulfide) groups is 1. The summed E-state index contributed by atoms with van der Waals surface area (Å²) in [6, 6.07) is -0.863. The van der Waals surface area contributed by atoms with Crippen LogP contribution in [0.1, 0.15) is 18.7 Å². The summed E-state index contributed by atoms with van der Waals surface area (Å²) in [7, 11) is 0. The van der Waals surface area contributed by atoms with Crippen LogP contribution in [0.4, 0.5) is 5.13 Å². The zero-order valence-electron chi connectivity index (χ0n) is 19.9. The Bertz CT molecular complexity index is 1290. The number of aromatic nitrogens is 2. The SMILES string of the molecule is NCC1CC(N2CC/C(=C\C3=C(C(=O)O)N4C(=O)[C@@H](NC(=O)/C(=N\O)c5nsc(N)n5)[C@H]4SC3)C2=O)CN1. The summed E-state index contributed by atoms with van der Waals surface area (Å²) in [5, 5.41) is 27.2. The number of aliphatic carboxylic acids is 1. The number of nitrogens with two attached hydrogens (primary N) is 2. The van der Waals surface area contributed by atoms with Crippen LogP contribution in [0.15, 0.2) is 28.1 Å². The molecule has 3 saturated heterocycles. The second-order valence-corrected chi connectivity index (χ2v) is 11.0. The second-order valence-electron chi connectivity index (χ2n) is 9.09. The van der Waals surface area contributed by atoms with Crippen molar-refractivity contribution in [3.05, 3.63) is 28.7 Å². The molecule has 0 saturated carbocycles. The molecule has 3 fully saturated rings. The van der Waals surface area contributed by atoms with Gasteiger partial charge in [-0.05, 0) is 24.5 Å². The minimum Gasteiger partial charge on any atom is -0.477 e. The number of amides is 3. The van der Waals surface area contributed by atoms with Gasteiger partial charge in [0.25, 0.3) is 11.8 Å². The molecular weight excluding hydrogens is 538 g/mol. The molecule has 15 nitrogen and oxygen atoms in total. The Kier molecular flexibility index (Phi) is 7.08. The number of carbonyl (C=O) groups is 4. The Balaban J connectivity index is 1.31. The molecule has 0 aliphatic carbocycles. The van der Waals surface area contributed by atoms with Crippen molar-refractivity contribution in [1.82, 2.24) is 29.8 Å². The van der Waals surface area contributed by atoms with Gasteiger partial charge >= 0.3 is 5.97 Å². The average Bonchev–Trinajstić information content (AvgIpc) is 3.63. The van der Waals surface area contributed by atoms with E-state index >= 15 is 0 Å². The van der Waals surface area contributed by atoms with Gasteiger partial charge in [0.2, 0.25) is 17.4 Å². The van der Waals surface area contributed by atoms with E-state index in [0.717, 1.165) is 22.9 Å². The second kappa shape index (κ2) is 10.3. The van der Waals surface area contributed by atoms with Crippen LogP contribution in [0.3, 0.4) is 0 Å². The fourth-order valence-corrected chi connectivity index (χ4v) is 6.77. The van der Waals surface area contributed by atoms with Gasteiger partial charge in [0.15, 0.2) is 5.13 Å². The molecule has 5 rings (SSSR count). The number of nitrogens with one attached hydrogen (secondary N) is 2.